The first-order valence-electron chi connectivity index (χ1n) is 9.51. The molecule has 2 aromatic carbocycles. The van der Waals surface area contributed by atoms with Crippen molar-refractivity contribution in [1.82, 2.24) is 20.0 Å². The Morgan fingerprint density at radius 3 is 2.36 bits per heavy atom. The number of rotatable bonds is 6. The van der Waals surface area contributed by atoms with Crippen molar-refractivity contribution in [3.8, 4) is 11.5 Å². The summed E-state index contributed by atoms with van der Waals surface area (Å²) < 4.78 is 18.8. The molecule has 0 aliphatic carbocycles. The van der Waals surface area contributed by atoms with Crippen LogP contribution in [0.4, 0.5) is 4.39 Å². The molecule has 4 rings (SSSR count). The van der Waals surface area contributed by atoms with Gasteiger partial charge in [-0.1, -0.05) is 42.5 Å². The molecule has 0 unspecified atom stereocenters. The molecular weight excluding hydrogens is 355 g/mol. The molecule has 1 aliphatic heterocycles. The number of hydrogen-bond acceptors (Lipinski definition) is 5. The minimum Gasteiger partial charge on any atom is -0.419 e. The first-order chi connectivity index (χ1) is 13.8. The minimum atomic E-state index is -0.278. The fraction of sp³-hybridized carbons (Fsp3) is 0.273. The predicted octanol–water partition coefficient (Wildman–Crippen LogP) is 3.71. The van der Waals surface area contributed by atoms with Gasteiger partial charge in [-0.05, 0) is 29.8 Å². The Bertz CT molecular complexity index is 900. The monoisotopic (exact) mass is 378 g/mol. The molecule has 0 radical (unpaired) electrons. The average molecular weight is 378 g/mol. The molecule has 6 heteroatoms. The third-order valence-electron chi connectivity index (χ3n) is 4.86. The smallest absolute Gasteiger partial charge is 0.247 e. The van der Waals surface area contributed by atoms with Crippen LogP contribution in [0.25, 0.3) is 17.5 Å². The van der Waals surface area contributed by atoms with E-state index in [1.54, 1.807) is 12.1 Å². The molecule has 2 heterocycles. The van der Waals surface area contributed by atoms with Crippen LogP contribution in [-0.4, -0.2) is 52.7 Å². The topological polar surface area (TPSA) is 45.4 Å². The van der Waals surface area contributed by atoms with Crippen LogP contribution in [0, 0.1) is 5.82 Å². The van der Waals surface area contributed by atoms with Crippen molar-refractivity contribution in [1.29, 1.82) is 0 Å². The normalized spacial score (nSPS) is 16.0. The van der Waals surface area contributed by atoms with Gasteiger partial charge in [-0.25, -0.2) is 4.39 Å². The van der Waals surface area contributed by atoms with Gasteiger partial charge in [0.2, 0.25) is 11.8 Å². The zero-order valence-corrected chi connectivity index (χ0v) is 15.7. The van der Waals surface area contributed by atoms with Crippen molar-refractivity contribution < 1.29 is 8.81 Å². The van der Waals surface area contributed by atoms with Crippen LogP contribution in [0.2, 0.25) is 0 Å². The van der Waals surface area contributed by atoms with E-state index in [1.807, 2.05) is 6.07 Å². The van der Waals surface area contributed by atoms with Crippen LogP contribution < -0.4 is 0 Å². The molecule has 1 saturated heterocycles. The lowest BCUT2D eigenvalue weighted by Crippen LogP contribution is -2.45. The quantitative estimate of drug-likeness (QED) is 0.654. The lowest BCUT2D eigenvalue weighted by atomic mass is 10.2. The van der Waals surface area contributed by atoms with Gasteiger partial charge in [0.05, 0.1) is 6.54 Å². The Kier molecular flexibility index (Phi) is 5.89. The Morgan fingerprint density at radius 1 is 0.893 bits per heavy atom. The highest BCUT2D eigenvalue weighted by Crippen LogP contribution is 2.19. The molecule has 0 atom stereocenters. The number of nitrogens with zero attached hydrogens (tertiary/aromatic N) is 4. The summed E-state index contributed by atoms with van der Waals surface area (Å²) in [5.74, 6) is 0.747. The van der Waals surface area contributed by atoms with Gasteiger partial charge in [-0.2, -0.15) is 0 Å². The van der Waals surface area contributed by atoms with Crippen LogP contribution in [0.15, 0.2) is 65.1 Å². The van der Waals surface area contributed by atoms with Crippen molar-refractivity contribution in [2.75, 3.05) is 32.7 Å². The van der Waals surface area contributed by atoms with Crippen molar-refractivity contribution in [3.05, 3.63) is 77.9 Å². The van der Waals surface area contributed by atoms with E-state index in [1.165, 1.54) is 17.7 Å². The molecule has 0 saturated carbocycles. The van der Waals surface area contributed by atoms with E-state index < -0.39 is 0 Å². The Balaban J connectivity index is 1.24. The summed E-state index contributed by atoms with van der Waals surface area (Å²) in [6, 6.07) is 16.4. The van der Waals surface area contributed by atoms with Crippen molar-refractivity contribution in [2.24, 2.45) is 0 Å². The summed E-state index contributed by atoms with van der Waals surface area (Å²) in [4.78, 5) is 4.76. The molecule has 0 spiro atoms. The number of piperazine rings is 1. The summed E-state index contributed by atoms with van der Waals surface area (Å²) >= 11 is 0. The van der Waals surface area contributed by atoms with Gasteiger partial charge in [0.25, 0.3) is 0 Å². The zero-order valence-electron chi connectivity index (χ0n) is 15.7. The highest BCUT2D eigenvalue weighted by Gasteiger charge is 2.18. The number of halogens is 1. The molecule has 0 bridgehead atoms. The van der Waals surface area contributed by atoms with Crippen molar-refractivity contribution in [2.45, 2.75) is 6.54 Å². The van der Waals surface area contributed by atoms with E-state index in [0.717, 1.165) is 38.3 Å². The second-order valence-electron chi connectivity index (χ2n) is 6.90. The summed E-state index contributed by atoms with van der Waals surface area (Å²) in [5.41, 5.74) is 1.96. The standard InChI is InChI=1S/C22H23FN4O/c23-20-10-8-19(9-11-20)22-25-24-21(28-22)17-27-15-13-26(14-16-27)12-4-7-18-5-2-1-3-6-18/h1-11H,12-17H2/b7-4+. The van der Waals surface area contributed by atoms with Gasteiger partial charge in [-0.3, -0.25) is 9.80 Å². The summed E-state index contributed by atoms with van der Waals surface area (Å²) in [5, 5.41) is 8.21. The second kappa shape index (κ2) is 8.91. The fourth-order valence-corrected chi connectivity index (χ4v) is 3.25. The van der Waals surface area contributed by atoms with Gasteiger partial charge in [0.1, 0.15) is 5.82 Å². The highest BCUT2D eigenvalue weighted by atomic mass is 19.1. The van der Waals surface area contributed by atoms with E-state index in [0.29, 0.717) is 18.3 Å². The molecule has 1 aromatic heterocycles. The number of benzene rings is 2. The molecule has 144 valence electrons. The molecular formula is C22H23FN4O. The Morgan fingerprint density at radius 2 is 1.61 bits per heavy atom. The van der Waals surface area contributed by atoms with E-state index in [4.69, 9.17) is 4.42 Å². The van der Waals surface area contributed by atoms with E-state index in [-0.39, 0.29) is 5.82 Å². The van der Waals surface area contributed by atoms with Gasteiger partial charge < -0.3 is 4.42 Å². The zero-order chi connectivity index (χ0) is 19.2. The highest BCUT2D eigenvalue weighted by molar-refractivity contribution is 5.52. The van der Waals surface area contributed by atoms with E-state index in [9.17, 15) is 4.39 Å². The third kappa shape index (κ3) is 4.91. The summed E-state index contributed by atoms with van der Waals surface area (Å²) in [6.07, 6.45) is 4.39. The van der Waals surface area contributed by atoms with Gasteiger partial charge in [-0.15, -0.1) is 10.2 Å². The summed E-state index contributed by atoms with van der Waals surface area (Å²) in [7, 11) is 0. The van der Waals surface area contributed by atoms with Crippen LogP contribution in [0.5, 0.6) is 0 Å². The predicted molar refractivity (Wildman–Crippen MR) is 107 cm³/mol. The van der Waals surface area contributed by atoms with Crippen molar-refractivity contribution in [3.63, 3.8) is 0 Å². The number of aromatic nitrogens is 2. The maximum Gasteiger partial charge on any atom is 0.247 e. The van der Waals surface area contributed by atoms with Crippen LogP contribution in [0.1, 0.15) is 11.5 Å². The molecule has 3 aromatic rings. The molecule has 5 nitrogen and oxygen atoms in total. The largest absolute Gasteiger partial charge is 0.419 e. The van der Waals surface area contributed by atoms with Crippen molar-refractivity contribution >= 4 is 6.08 Å². The summed E-state index contributed by atoms with van der Waals surface area (Å²) in [6.45, 7) is 5.55. The Labute approximate surface area is 164 Å². The lowest BCUT2D eigenvalue weighted by molar-refractivity contribution is 0.128. The van der Waals surface area contributed by atoms with Gasteiger partial charge >= 0.3 is 0 Å². The molecule has 1 aliphatic rings. The lowest BCUT2D eigenvalue weighted by Gasteiger charge is -2.33. The van der Waals surface area contributed by atoms with Crippen LogP contribution in [0.3, 0.4) is 0 Å². The first kappa shape index (κ1) is 18.5. The van der Waals surface area contributed by atoms with Gasteiger partial charge in [0.15, 0.2) is 0 Å². The van der Waals surface area contributed by atoms with E-state index in [2.05, 4.69) is 56.4 Å². The molecule has 0 N–H and O–H groups in total. The maximum atomic E-state index is 13.0. The molecule has 28 heavy (non-hydrogen) atoms. The molecule has 1 fully saturated rings. The molecule has 0 amide bonds. The van der Waals surface area contributed by atoms with Crippen LogP contribution in [-0.2, 0) is 6.54 Å². The van der Waals surface area contributed by atoms with Crippen LogP contribution >= 0.6 is 0 Å². The fourth-order valence-electron chi connectivity index (χ4n) is 3.25. The maximum absolute atomic E-state index is 13.0. The minimum absolute atomic E-state index is 0.278. The third-order valence-corrected chi connectivity index (χ3v) is 4.86. The van der Waals surface area contributed by atoms with E-state index >= 15 is 0 Å². The first-order valence-corrected chi connectivity index (χ1v) is 9.51. The second-order valence-corrected chi connectivity index (χ2v) is 6.90. The van der Waals surface area contributed by atoms with Gasteiger partial charge in [0, 0.05) is 38.3 Å². The average Bonchev–Trinajstić information content (AvgIpc) is 3.19. The SMILES string of the molecule is Fc1ccc(-c2nnc(CN3CCN(C/C=C/c4ccccc4)CC3)o2)cc1. The Hall–Kier alpha value is -2.83. The number of hydrogen-bond donors (Lipinski definition) is 0.